The number of fused-ring (bicyclic) bond motifs is 1. The minimum Gasteiger partial charge on any atom is -0.346 e. The van der Waals surface area contributed by atoms with Crippen molar-refractivity contribution in [2.24, 2.45) is 0 Å². The van der Waals surface area contributed by atoms with Crippen LogP contribution in [0.5, 0.6) is 0 Å². The molecule has 2 aromatic heterocycles. The van der Waals surface area contributed by atoms with Crippen molar-refractivity contribution < 1.29 is 4.39 Å². The van der Waals surface area contributed by atoms with E-state index in [4.69, 9.17) is 4.98 Å². The standard InChI is InChI=1S/C18H19FN4S/c1-13-4-2-3-8-23(13)15-5-6-16-17(10-15)24-18(21-16)14-11-20-22(12-14)9-7-19/h5-6,10-12H,1-4,7-9H2. The van der Waals surface area contributed by atoms with Gasteiger partial charge in [-0.15, -0.1) is 11.3 Å². The molecule has 1 saturated heterocycles. The fourth-order valence-electron chi connectivity index (χ4n) is 3.09. The number of hydrogen-bond acceptors (Lipinski definition) is 4. The number of aromatic nitrogens is 3. The van der Waals surface area contributed by atoms with Crippen molar-refractivity contribution in [3.8, 4) is 10.6 Å². The van der Waals surface area contributed by atoms with E-state index < -0.39 is 6.67 Å². The summed E-state index contributed by atoms with van der Waals surface area (Å²) in [5.41, 5.74) is 4.31. The number of aryl methyl sites for hydroxylation is 1. The fourth-order valence-corrected chi connectivity index (χ4v) is 4.06. The second-order valence-electron chi connectivity index (χ2n) is 6.03. The molecule has 0 unspecified atom stereocenters. The number of allylic oxidation sites excluding steroid dienone is 1. The lowest BCUT2D eigenvalue weighted by Crippen LogP contribution is -2.26. The van der Waals surface area contributed by atoms with E-state index in [9.17, 15) is 4.39 Å². The number of halogens is 1. The molecular formula is C18H19FN4S. The summed E-state index contributed by atoms with van der Waals surface area (Å²) in [6, 6.07) is 6.38. The molecule has 0 atom stereocenters. The highest BCUT2D eigenvalue weighted by Gasteiger charge is 2.16. The number of thiazole rings is 1. The normalized spacial score (nSPS) is 15.4. The van der Waals surface area contributed by atoms with Crippen LogP contribution in [-0.2, 0) is 6.54 Å². The SMILES string of the molecule is C=C1CCCCN1c1ccc2nc(-c3cnn(CCF)c3)sc2c1. The third-order valence-corrected chi connectivity index (χ3v) is 5.42. The van der Waals surface area contributed by atoms with Crippen LogP contribution in [0.1, 0.15) is 19.3 Å². The maximum atomic E-state index is 12.4. The first-order valence-corrected chi connectivity index (χ1v) is 9.01. The summed E-state index contributed by atoms with van der Waals surface area (Å²) in [7, 11) is 0. The Labute approximate surface area is 144 Å². The summed E-state index contributed by atoms with van der Waals surface area (Å²) in [4.78, 5) is 7.00. The van der Waals surface area contributed by atoms with Gasteiger partial charge in [0.25, 0.3) is 0 Å². The summed E-state index contributed by atoms with van der Waals surface area (Å²) in [5, 5.41) is 5.10. The predicted molar refractivity (Wildman–Crippen MR) is 97.2 cm³/mol. The average Bonchev–Trinajstić information content (AvgIpc) is 3.21. The first kappa shape index (κ1) is 15.3. The van der Waals surface area contributed by atoms with Gasteiger partial charge in [0.1, 0.15) is 11.7 Å². The van der Waals surface area contributed by atoms with Crippen LogP contribution in [0.25, 0.3) is 20.8 Å². The smallest absolute Gasteiger partial charge is 0.127 e. The van der Waals surface area contributed by atoms with Gasteiger partial charge in [-0.2, -0.15) is 5.10 Å². The van der Waals surface area contributed by atoms with Crippen molar-refractivity contribution in [1.82, 2.24) is 14.8 Å². The zero-order valence-corrected chi connectivity index (χ0v) is 14.2. The minimum absolute atomic E-state index is 0.284. The second kappa shape index (κ2) is 6.36. The fraction of sp³-hybridized carbons (Fsp3) is 0.333. The van der Waals surface area contributed by atoms with Crippen molar-refractivity contribution in [2.45, 2.75) is 25.8 Å². The Morgan fingerprint density at radius 1 is 1.29 bits per heavy atom. The molecule has 6 heteroatoms. The lowest BCUT2D eigenvalue weighted by molar-refractivity contribution is 0.427. The molecule has 1 aromatic carbocycles. The Kier molecular flexibility index (Phi) is 4.06. The second-order valence-corrected chi connectivity index (χ2v) is 7.06. The van der Waals surface area contributed by atoms with Crippen molar-refractivity contribution in [3.63, 3.8) is 0 Å². The van der Waals surface area contributed by atoms with Crippen molar-refractivity contribution >= 4 is 27.2 Å². The van der Waals surface area contributed by atoms with Crippen molar-refractivity contribution in [2.75, 3.05) is 18.1 Å². The molecule has 1 aliphatic heterocycles. The number of rotatable bonds is 4. The number of alkyl halides is 1. The maximum absolute atomic E-state index is 12.4. The van der Waals surface area contributed by atoms with Gasteiger partial charge in [-0.1, -0.05) is 6.58 Å². The predicted octanol–water partition coefficient (Wildman–Crippen LogP) is 4.63. The van der Waals surface area contributed by atoms with Crippen LogP contribution in [0.3, 0.4) is 0 Å². The number of nitrogens with zero attached hydrogens (tertiary/aromatic N) is 4. The van der Waals surface area contributed by atoms with Crippen LogP contribution >= 0.6 is 11.3 Å². The van der Waals surface area contributed by atoms with Crippen LogP contribution in [0, 0.1) is 0 Å². The first-order valence-electron chi connectivity index (χ1n) is 8.19. The quantitative estimate of drug-likeness (QED) is 0.693. The van der Waals surface area contributed by atoms with Gasteiger partial charge in [-0.05, 0) is 37.5 Å². The number of benzene rings is 1. The van der Waals surface area contributed by atoms with Crippen LogP contribution < -0.4 is 4.90 Å². The number of anilines is 1. The molecule has 0 bridgehead atoms. The zero-order valence-electron chi connectivity index (χ0n) is 13.4. The Bertz CT molecular complexity index is 882. The van der Waals surface area contributed by atoms with Gasteiger partial charge < -0.3 is 4.90 Å². The summed E-state index contributed by atoms with van der Waals surface area (Å²) >= 11 is 1.65. The molecule has 0 aliphatic carbocycles. The highest BCUT2D eigenvalue weighted by molar-refractivity contribution is 7.21. The number of hydrogen-bond donors (Lipinski definition) is 0. The van der Waals surface area contributed by atoms with Crippen LogP contribution in [0.4, 0.5) is 10.1 Å². The zero-order chi connectivity index (χ0) is 16.5. The average molecular weight is 342 g/mol. The lowest BCUT2D eigenvalue weighted by Gasteiger charge is -2.30. The van der Waals surface area contributed by atoms with Gasteiger partial charge in [-0.25, -0.2) is 9.37 Å². The highest BCUT2D eigenvalue weighted by Crippen LogP contribution is 2.34. The van der Waals surface area contributed by atoms with Gasteiger partial charge in [0.15, 0.2) is 0 Å². The highest BCUT2D eigenvalue weighted by atomic mass is 32.1. The monoisotopic (exact) mass is 342 g/mol. The largest absolute Gasteiger partial charge is 0.346 e. The molecular weight excluding hydrogens is 323 g/mol. The molecule has 1 aliphatic rings. The van der Waals surface area contributed by atoms with E-state index in [0.29, 0.717) is 0 Å². The van der Waals surface area contributed by atoms with Gasteiger partial charge in [-0.3, -0.25) is 4.68 Å². The minimum atomic E-state index is -0.413. The molecule has 24 heavy (non-hydrogen) atoms. The van der Waals surface area contributed by atoms with Crippen molar-refractivity contribution in [1.29, 1.82) is 0 Å². The molecule has 3 heterocycles. The van der Waals surface area contributed by atoms with E-state index in [1.54, 1.807) is 22.2 Å². The Morgan fingerprint density at radius 2 is 2.21 bits per heavy atom. The first-order chi connectivity index (χ1) is 11.7. The Morgan fingerprint density at radius 3 is 3.04 bits per heavy atom. The van der Waals surface area contributed by atoms with Gasteiger partial charge in [0, 0.05) is 29.7 Å². The van der Waals surface area contributed by atoms with E-state index in [1.807, 2.05) is 6.20 Å². The summed E-state index contributed by atoms with van der Waals surface area (Å²) < 4.78 is 15.2. The molecule has 0 spiro atoms. The van der Waals surface area contributed by atoms with E-state index in [0.717, 1.165) is 33.8 Å². The molecule has 4 rings (SSSR count). The summed E-state index contributed by atoms with van der Waals surface area (Å²) in [6.45, 7) is 5.10. The molecule has 3 aromatic rings. The van der Waals surface area contributed by atoms with Crippen LogP contribution in [0.15, 0.2) is 42.9 Å². The third kappa shape index (κ3) is 2.82. The van der Waals surface area contributed by atoms with Gasteiger partial charge in [0.2, 0.25) is 0 Å². The van der Waals surface area contributed by atoms with Gasteiger partial charge in [0.05, 0.1) is 23.0 Å². The molecule has 4 nitrogen and oxygen atoms in total. The summed E-state index contributed by atoms with van der Waals surface area (Å²) in [6.07, 6.45) is 7.11. The third-order valence-electron chi connectivity index (χ3n) is 4.36. The van der Waals surface area contributed by atoms with E-state index in [1.165, 1.54) is 24.2 Å². The van der Waals surface area contributed by atoms with Gasteiger partial charge >= 0.3 is 0 Å². The summed E-state index contributed by atoms with van der Waals surface area (Å²) in [5.74, 6) is 0. The lowest BCUT2D eigenvalue weighted by atomic mass is 10.1. The topological polar surface area (TPSA) is 34.0 Å². The molecule has 0 amide bonds. The number of piperidine rings is 1. The maximum Gasteiger partial charge on any atom is 0.127 e. The molecule has 124 valence electrons. The van der Waals surface area contributed by atoms with E-state index in [-0.39, 0.29) is 6.54 Å². The Balaban J connectivity index is 1.66. The Hall–Kier alpha value is -2.21. The van der Waals surface area contributed by atoms with Crippen LogP contribution in [0.2, 0.25) is 0 Å². The molecule has 0 saturated carbocycles. The molecule has 0 radical (unpaired) electrons. The molecule has 1 fully saturated rings. The van der Waals surface area contributed by atoms with Crippen molar-refractivity contribution in [3.05, 3.63) is 42.9 Å². The van der Waals surface area contributed by atoms with E-state index >= 15 is 0 Å². The van der Waals surface area contributed by atoms with Crippen LogP contribution in [-0.4, -0.2) is 28.0 Å². The molecule has 0 N–H and O–H groups in total. The van der Waals surface area contributed by atoms with E-state index in [2.05, 4.69) is 34.8 Å².